The number of piperazine rings is 1. The lowest BCUT2D eigenvalue weighted by atomic mass is 10.1. The molecule has 1 aromatic heterocycles. The Bertz CT molecular complexity index is 1070. The summed E-state index contributed by atoms with van der Waals surface area (Å²) in [5.74, 6) is -1.18. The molecule has 7 nitrogen and oxygen atoms in total. The SMILES string of the molecule is CN1CCN(Cc2ccc(-c3nc(CC(=O)Nc4ccc(C(=O)O)cc4)cs3)cc2)CC1. The maximum atomic E-state index is 12.3. The second kappa shape index (κ2) is 10.0. The van der Waals surface area contributed by atoms with Crippen LogP contribution in [0.15, 0.2) is 53.9 Å². The third-order valence-electron chi connectivity index (χ3n) is 5.51. The van der Waals surface area contributed by atoms with Crippen LogP contribution in [0, 0.1) is 0 Å². The van der Waals surface area contributed by atoms with Crippen LogP contribution in [0.2, 0.25) is 0 Å². The Morgan fingerprint density at radius 2 is 1.72 bits per heavy atom. The van der Waals surface area contributed by atoms with Crippen molar-refractivity contribution >= 4 is 28.9 Å². The molecule has 1 aliphatic rings. The number of anilines is 1. The van der Waals surface area contributed by atoms with Crippen LogP contribution in [0.1, 0.15) is 21.6 Å². The number of likely N-dealkylation sites (N-methyl/N-ethyl adjacent to an activating group) is 1. The number of nitrogens with one attached hydrogen (secondary N) is 1. The monoisotopic (exact) mass is 450 g/mol. The summed E-state index contributed by atoms with van der Waals surface area (Å²) in [5.41, 5.74) is 3.80. The van der Waals surface area contributed by atoms with Crippen LogP contribution in [-0.4, -0.2) is 65.0 Å². The summed E-state index contributed by atoms with van der Waals surface area (Å²) in [6.45, 7) is 5.38. The van der Waals surface area contributed by atoms with Crippen LogP contribution < -0.4 is 5.32 Å². The summed E-state index contributed by atoms with van der Waals surface area (Å²) in [6.07, 6.45) is 0.165. The number of rotatable bonds is 7. The lowest BCUT2D eigenvalue weighted by molar-refractivity contribution is -0.115. The third kappa shape index (κ3) is 5.79. The molecule has 0 saturated carbocycles. The molecular weight excluding hydrogens is 424 g/mol. The van der Waals surface area contributed by atoms with Gasteiger partial charge in [-0.1, -0.05) is 24.3 Å². The van der Waals surface area contributed by atoms with Gasteiger partial charge in [0.25, 0.3) is 0 Å². The molecule has 0 bridgehead atoms. The fourth-order valence-electron chi connectivity index (χ4n) is 3.60. The van der Waals surface area contributed by atoms with Crippen molar-refractivity contribution in [2.45, 2.75) is 13.0 Å². The minimum Gasteiger partial charge on any atom is -0.478 e. The number of carbonyl (C=O) groups is 2. The molecule has 1 amide bonds. The van der Waals surface area contributed by atoms with Crippen molar-refractivity contribution < 1.29 is 14.7 Å². The van der Waals surface area contributed by atoms with Crippen molar-refractivity contribution in [3.8, 4) is 10.6 Å². The Hall–Kier alpha value is -3.07. The lowest BCUT2D eigenvalue weighted by Gasteiger charge is -2.32. The average molecular weight is 451 g/mol. The Morgan fingerprint density at radius 1 is 1.03 bits per heavy atom. The van der Waals surface area contributed by atoms with Gasteiger partial charge in [0.05, 0.1) is 17.7 Å². The predicted octanol–water partition coefficient (Wildman–Crippen LogP) is 3.44. The van der Waals surface area contributed by atoms with E-state index in [1.54, 1.807) is 12.1 Å². The Morgan fingerprint density at radius 3 is 2.38 bits per heavy atom. The maximum Gasteiger partial charge on any atom is 0.335 e. The maximum absolute atomic E-state index is 12.3. The molecule has 2 N–H and O–H groups in total. The molecule has 32 heavy (non-hydrogen) atoms. The second-order valence-electron chi connectivity index (χ2n) is 8.03. The molecule has 0 aliphatic carbocycles. The number of aromatic carboxylic acids is 1. The summed E-state index contributed by atoms with van der Waals surface area (Å²) in [5, 5.41) is 14.5. The number of thiazole rings is 1. The number of nitrogens with zero attached hydrogens (tertiary/aromatic N) is 3. The van der Waals surface area contributed by atoms with Gasteiger partial charge in [-0.05, 0) is 36.9 Å². The van der Waals surface area contributed by atoms with E-state index in [0.29, 0.717) is 11.4 Å². The van der Waals surface area contributed by atoms with E-state index in [2.05, 4.69) is 51.4 Å². The molecule has 2 heterocycles. The van der Waals surface area contributed by atoms with Gasteiger partial charge in [0.15, 0.2) is 0 Å². The molecule has 8 heteroatoms. The first-order valence-corrected chi connectivity index (χ1v) is 11.4. The highest BCUT2D eigenvalue weighted by Crippen LogP contribution is 2.25. The Balaban J connectivity index is 1.32. The largest absolute Gasteiger partial charge is 0.478 e. The fourth-order valence-corrected chi connectivity index (χ4v) is 4.43. The van der Waals surface area contributed by atoms with E-state index in [0.717, 1.165) is 43.3 Å². The molecule has 166 valence electrons. The van der Waals surface area contributed by atoms with Gasteiger partial charge < -0.3 is 15.3 Å². The summed E-state index contributed by atoms with van der Waals surface area (Å²) < 4.78 is 0. The number of carboxylic acid groups (broad SMARTS) is 1. The van der Waals surface area contributed by atoms with Crippen LogP contribution in [0.25, 0.3) is 10.6 Å². The van der Waals surface area contributed by atoms with E-state index in [4.69, 9.17) is 5.11 Å². The molecular formula is C24H26N4O3S. The van der Waals surface area contributed by atoms with Gasteiger partial charge >= 0.3 is 5.97 Å². The first kappa shape index (κ1) is 22.1. The second-order valence-corrected chi connectivity index (χ2v) is 8.89. The Kier molecular flexibility index (Phi) is 6.94. The first-order valence-electron chi connectivity index (χ1n) is 10.5. The molecule has 3 aromatic rings. The van der Waals surface area contributed by atoms with E-state index in [-0.39, 0.29) is 17.9 Å². The third-order valence-corrected chi connectivity index (χ3v) is 6.45. The minimum atomic E-state index is -0.995. The molecule has 0 unspecified atom stereocenters. The number of hydrogen-bond donors (Lipinski definition) is 2. The fraction of sp³-hybridized carbons (Fsp3) is 0.292. The number of aromatic nitrogens is 1. The molecule has 0 spiro atoms. The van der Waals surface area contributed by atoms with Crippen molar-refractivity contribution in [3.63, 3.8) is 0 Å². The summed E-state index contributed by atoms with van der Waals surface area (Å²) >= 11 is 1.53. The summed E-state index contributed by atoms with van der Waals surface area (Å²) in [6, 6.07) is 14.6. The van der Waals surface area contributed by atoms with Crippen molar-refractivity contribution in [2.24, 2.45) is 0 Å². The first-order chi connectivity index (χ1) is 15.5. The van der Waals surface area contributed by atoms with Gasteiger partial charge in [0.1, 0.15) is 5.01 Å². The highest BCUT2D eigenvalue weighted by atomic mass is 32.1. The molecule has 1 saturated heterocycles. The van der Waals surface area contributed by atoms with Gasteiger partial charge in [0.2, 0.25) is 5.91 Å². The van der Waals surface area contributed by atoms with E-state index >= 15 is 0 Å². The van der Waals surface area contributed by atoms with Crippen molar-refractivity contribution in [1.29, 1.82) is 0 Å². The number of hydrogen-bond acceptors (Lipinski definition) is 6. The van der Waals surface area contributed by atoms with E-state index in [1.165, 1.54) is 29.0 Å². The van der Waals surface area contributed by atoms with Gasteiger partial charge in [-0.15, -0.1) is 11.3 Å². The van der Waals surface area contributed by atoms with E-state index in [1.807, 2.05) is 5.38 Å². The standard InChI is InChI=1S/C24H26N4O3S/c1-27-10-12-28(13-11-27)15-17-2-4-18(5-3-17)23-26-21(16-32-23)14-22(29)25-20-8-6-19(7-9-20)24(30)31/h2-9,16H,10-15H2,1H3,(H,25,29)(H,30,31). The number of carbonyl (C=O) groups excluding carboxylic acids is 1. The topological polar surface area (TPSA) is 85.8 Å². The van der Waals surface area contributed by atoms with Crippen molar-refractivity contribution in [2.75, 3.05) is 38.5 Å². The summed E-state index contributed by atoms with van der Waals surface area (Å²) in [4.78, 5) is 32.7. The molecule has 4 rings (SSSR count). The predicted molar refractivity (Wildman–Crippen MR) is 126 cm³/mol. The zero-order chi connectivity index (χ0) is 22.5. The smallest absolute Gasteiger partial charge is 0.335 e. The van der Waals surface area contributed by atoms with Gasteiger partial charge in [0, 0.05) is 49.4 Å². The van der Waals surface area contributed by atoms with Crippen LogP contribution >= 0.6 is 11.3 Å². The quantitative estimate of drug-likeness (QED) is 0.574. The average Bonchev–Trinajstić information content (AvgIpc) is 3.24. The number of amides is 1. The molecule has 0 radical (unpaired) electrons. The summed E-state index contributed by atoms with van der Waals surface area (Å²) in [7, 11) is 2.16. The zero-order valence-corrected chi connectivity index (χ0v) is 18.8. The van der Waals surface area contributed by atoms with Gasteiger partial charge in [-0.25, -0.2) is 9.78 Å². The zero-order valence-electron chi connectivity index (χ0n) is 18.0. The van der Waals surface area contributed by atoms with Crippen LogP contribution in [0.5, 0.6) is 0 Å². The number of benzene rings is 2. The minimum absolute atomic E-state index is 0.165. The lowest BCUT2D eigenvalue weighted by Crippen LogP contribution is -2.43. The highest BCUT2D eigenvalue weighted by molar-refractivity contribution is 7.13. The van der Waals surface area contributed by atoms with E-state index < -0.39 is 5.97 Å². The number of carboxylic acids is 1. The van der Waals surface area contributed by atoms with Gasteiger partial charge in [-0.3, -0.25) is 9.69 Å². The van der Waals surface area contributed by atoms with Crippen molar-refractivity contribution in [1.82, 2.24) is 14.8 Å². The van der Waals surface area contributed by atoms with Gasteiger partial charge in [-0.2, -0.15) is 0 Å². The van der Waals surface area contributed by atoms with E-state index in [9.17, 15) is 9.59 Å². The molecule has 2 aromatic carbocycles. The Labute approximate surface area is 191 Å². The van der Waals surface area contributed by atoms with Crippen LogP contribution in [0.4, 0.5) is 5.69 Å². The molecule has 1 aliphatic heterocycles. The van der Waals surface area contributed by atoms with Crippen LogP contribution in [0.3, 0.4) is 0 Å². The van der Waals surface area contributed by atoms with Crippen molar-refractivity contribution in [3.05, 3.63) is 70.7 Å². The van der Waals surface area contributed by atoms with Crippen LogP contribution in [-0.2, 0) is 17.8 Å². The highest BCUT2D eigenvalue weighted by Gasteiger charge is 2.14. The molecule has 1 fully saturated rings. The molecule has 0 atom stereocenters. The normalized spacial score (nSPS) is 14.9.